The lowest BCUT2D eigenvalue weighted by Crippen LogP contribution is -2.48. The van der Waals surface area contributed by atoms with E-state index in [1.807, 2.05) is 12.3 Å². The Bertz CT molecular complexity index is 257. The zero-order chi connectivity index (χ0) is 11.1. The molecule has 0 spiro atoms. The number of nitrogens with zero attached hydrogens (tertiary/aromatic N) is 2. The van der Waals surface area contributed by atoms with Crippen molar-refractivity contribution in [1.29, 1.82) is 0 Å². The van der Waals surface area contributed by atoms with Gasteiger partial charge in [-0.1, -0.05) is 6.07 Å². The van der Waals surface area contributed by atoms with E-state index in [-0.39, 0.29) is 0 Å². The van der Waals surface area contributed by atoms with Crippen LogP contribution in [0.3, 0.4) is 0 Å². The molecule has 0 bridgehead atoms. The first-order chi connectivity index (χ1) is 7.26. The lowest BCUT2D eigenvalue weighted by atomic mass is 10.2. The average molecular weight is 207 g/mol. The van der Waals surface area contributed by atoms with E-state index in [1.54, 1.807) is 0 Å². The largest absolute Gasteiger partial charge is 0.324 e. The number of rotatable bonds is 6. The molecule has 0 saturated carbocycles. The highest BCUT2D eigenvalue weighted by Crippen LogP contribution is 2.08. The molecule has 0 amide bonds. The molecule has 1 aromatic rings. The minimum absolute atomic E-state index is 1.09. The van der Waals surface area contributed by atoms with Crippen LogP contribution in [0.2, 0.25) is 0 Å². The zero-order valence-corrected chi connectivity index (χ0v) is 10.2. The van der Waals surface area contributed by atoms with Crippen molar-refractivity contribution in [3.05, 3.63) is 30.1 Å². The maximum absolute atomic E-state index is 4.37. The predicted octanol–water partition coefficient (Wildman–Crippen LogP) is 2.50. The van der Waals surface area contributed by atoms with E-state index in [0.29, 0.717) is 0 Å². The second-order valence-corrected chi connectivity index (χ2v) is 4.09. The van der Waals surface area contributed by atoms with E-state index in [0.717, 1.165) is 6.42 Å². The third kappa shape index (κ3) is 3.31. The SMILES string of the molecule is CC[N+](CC)(CC)CCc1ccccn1. The van der Waals surface area contributed by atoms with E-state index in [1.165, 1.54) is 36.4 Å². The summed E-state index contributed by atoms with van der Waals surface area (Å²) in [6, 6.07) is 6.17. The van der Waals surface area contributed by atoms with Crippen molar-refractivity contribution >= 4 is 0 Å². The molecule has 0 aliphatic carbocycles. The van der Waals surface area contributed by atoms with Gasteiger partial charge in [0, 0.05) is 18.3 Å². The van der Waals surface area contributed by atoms with E-state index >= 15 is 0 Å². The van der Waals surface area contributed by atoms with Gasteiger partial charge in [0.15, 0.2) is 0 Å². The van der Waals surface area contributed by atoms with Gasteiger partial charge in [-0.05, 0) is 32.9 Å². The van der Waals surface area contributed by atoms with Gasteiger partial charge in [-0.2, -0.15) is 0 Å². The van der Waals surface area contributed by atoms with E-state index in [4.69, 9.17) is 0 Å². The Morgan fingerprint density at radius 3 is 2.20 bits per heavy atom. The van der Waals surface area contributed by atoms with Gasteiger partial charge in [-0.25, -0.2) is 0 Å². The number of quaternary nitrogens is 1. The molecular formula is C13H23N2+. The predicted molar refractivity (Wildman–Crippen MR) is 64.7 cm³/mol. The van der Waals surface area contributed by atoms with Gasteiger partial charge in [-0.15, -0.1) is 0 Å². The highest BCUT2D eigenvalue weighted by Gasteiger charge is 2.20. The van der Waals surface area contributed by atoms with Crippen molar-refractivity contribution < 1.29 is 4.48 Å². The standard InChI is InChI=1S/C13H23N2/c1-4-15(5-2,6-3)12-10-13-9-7-8-11-14-13/h7-9,11H,4-6,10,12H2,1-3H3/q+1. The molecule has 2 nitrogen and oxygen atoms in total. The van der Waals surface area contributed by atoms with Crippen LogP contribution in [0.25, 0.3) is 0 Å². The fraction of sp³-hybridized carbons (Fsp3) is 0.615. The third-order valence-corrected chi connectivity index (χ3v) is 3.58. The molecule has 0 radical (unpaired) electrons. The molecule has 0 aromatic carbocycles. The fourth-order valence-electron chi connectivity index (χ4n) is 2.04. The second-order valence-electron chi connectivity index (χ2n) is 4.09. The maximum atomic E-state index is 4.37. The van der Waals surface area contributed by atoms with Gasteiger partial charge in [-0.3, -0.25) is 4.98 Å². The topological polar surface area (TPSA) is 12.9 Å². The van der Waals surface area contributed by atoms with Crippen LogP contribution in [0.15, 0.2) is 24.4 Å². The fourth-order valence-corrected chi connectivity index (χ4v) is 2.04. The molecule has 1 rings (SSSR count). The van der Waals surface area contributed by atoms with Crippen LogP contribution < -0.4 is 0 Å². The Kier molecular flexibility index (Phi) is 4.76. The molecule has 0 aliphatic rings. The lowest BCUT2D eigenvalue weighted by Gasteiger charge is -2.35. The normalized spacial score (nSPS) is 11.7. The summed E-state index contributed by atoms with van der Waals surface area (Å²) < 4.78 is 1.20. The van der Waals surface area contributed by atoms with Crippen LogP contribution in [-0.4, -0.2) is 35.6 Å². The molecule has 0 N–H and O–H groups in total. The summed E-state index contributed by atoms with van der Waals surface area (Å²) in [5.74, 6) is 0. The molecule has 1 heterocycles. The summed E-state index contributed by atoms with van der Waals surface area (Å²) >= 11 is 0. The van der Waals surface area contributed by atoms with Crippen molar-refractivity contribution in [2.45, 2.75) is 27.2 Å². The molecule has 84 valence electrons. The summed E-state index contributed by atoms with van der Waals surface area (Å²) in [5.41, 5.74) is 1.22. The van der Waals surface area contributed by atoms with Crippen molar-refractivity contribution in [1.82, 2.24) is 4.98 Å². The Morgan fingerprint density at radius 1 is 1.07 bits per heavy atom. The van der Waals surface area contributed by atoms with Gasteiger partial charge >= 0.3 is 0 Å². The van der Waals surface area contributed by atoms with Crippen LogP contribution in [-0.2, 0) is 6.42 Å². The molecular weight excluding hydrogens is 184 g/mol. The number of pyridine rings is 1. The van der Waals surface area contributed by atoms with Gasteiger partial charge < -0.3 is 4.48 Å². The maximum Gasteiger partial charge on any atom is 0.0842 e. The first-order valence-corrected chi connectivity index (χ1v) is 6.01. The Hall–Kier alpha value is -0.890. The van der Waals surface area contributed by atoms with Crippen molar-refractivity contribution in [3.8, 4) is 0 Å². The molecule has 0 fully saturated rings. The number of hydrogen-bond acceptors (Lipinski definition) is 1. The summed E-state index contributed by atoms with van der Waals surface area (Å²) in [4.78, 5) is 4.37. The summed E-state index contributed by atoms with van der Waals surface area (Å²) in [7, 11) is 0. The summed E-state index contributed by atoms with van der Waals surface area (Å²) in [6.07, 6.45) is 2.98. The Labute approximate surface area is 93.5 Å². The van der Waals surface area contributed by atoms with E-state index < -0.39 is 0 Å². The van der Waals surface area contributed by atoms with Gasteiger partial charge in [0.05, 0.1) is 26.2 Å². The zero-order valence-electron chi connectivity index (χ0n) is 10.2. The quantitative estimate of drug-likeness (QED) is 0.653. The van der Waals surface area contributed by atoms with Crippen molar-refractivity contribution in [3.63, 3.8) is 0 Å². The molecule has 0 atom stereocenters. The summed E-state index contributed by atoms with van der Waals surface area (Å²) in [6.45, 7) is 11.7. The van der Waals surface area contributed by atoms with Gasteiger partial charge in [0.2, 0.25) is 0 Å². The molecule has 0 saturated heterocycles. The average Bonchev–Trinajstić information content (AvgIpc) is 2.33. The summed E-state index contributed by atoms with van der Waals surface area (Å²) in [5, 5.41) is 0. The number of hydrogen-bond donors (Lipinski definition) is 0. The van der Waals surface area contributed by atoms with E-state index in [2.05, 4.69) is 37.9 Å². The molecule has 1 aromatic heterocycles. The van der Waals surface area contributed by atoms with Gasteiger partial charge in [0.1, 0.15) is 0 Å². The first-order valence-electron chi connectivity index (χ1n) is 6.01. The van der Waals surface area contributed by atoms with Crippen LogP contribution in [0.4, 0.5) is 0 Å². The Morgan fingerprint density at radius 2 is 1.73 bits per heavy atom. The molecule has 2 heteroatoms. The van der Waals surface area contributed by atoms with Crippen molar-refractivity contribution in [2.24, 2.45) is 0 Å². The van der Waals surface area contributed by atoms with Crippen LogP contribution in [0, 0.1) is 0 Å². The first kappa shape index (κ1) is 12.2. The highest BCUT2D eigenvalue weighted by atomic mass is 15.3. The lowest BCUT2D eigenvalue weighted by molar-refractivity contribution is -0.923. The number of aromatic nitrogens is 1. The highest BCUT2D eigenvalue weighted by molar-refractivity contribution is 5.03. The van der Waals surface area contributed by atoms with Crippen LogP contribution in [0.1, 0.15) is 26.5 Å². The molecule has 15 heavy (non-hydrogen) atoms. The minimum Gasteiger partial charge on any atom is -0.324 e. The molecule has 0 aliphatic heterocycles. The van der Waals surface area contributed by atoms with Crippen LogP contribution >= 0.6 is 0 Å². The van der Waals surface area contributed by atoms with E-state index in [9.17, 15) is 0 Å². The third-order valence-electron chi connectivity index (χ3n) is 3.58. The second kappa shape index (κ2) is 5.86. The van der Waals surface area contributed by atoms with Crippen LogP contribution in [0.5, 0.6) is 0 Å². The Balaban J connectivity index is 2.54. The number of likely N-dealkylation sites (N-methyl/N-ethyl adjacent to an activating group) is 1. The monoisotopic (exact) mass is 207 g/mol. The minimum atomic E-state index is 1.09. The molecule has 0 unspecified atom stereocenters. The van der Waals surface area contributed by atoms with Gasteiger partial charge in [0.25, 0.3) is 0 Å². The van der Waals surface area contributed by atoms with Crippen molar-refractivity contribution in [2.75, 3.05) is 26.2 Å². The smallest absolute Gasteiger partial charge is 0.0842 e.